The van der Waals surface area contributed by atoms with Gasteiger partial charge in [0.05, 0.1) is 22.8 Å². The summed E-state index contributed by atoms with van der Waals surface area (Å²) in [6.07, 6.45) is 2.12. The monoisotopic (exact) mass is 376 g/mol. The van der Waals surface area contributed by atoms with Gasteiger partial charge in [-0.25, -0.2) is 18.2 Å². The summed E-state index contributed by atoms with van der Waals surface area (Å²) in [6.45, 7) is 2.50. The molecule has 0 saturated carbocycles. The van der Waals surface area contributed by atoms with E-state index in [1.165, 1.54) is 6.07 Å². The van der Waals surface area contributed by atoms with Crippen LogP contribution in [0.4, 0.5) is 17.5 Å². The molecule has 1 aromatic heterocycles. The molecule has 1 atom stereocenters. The number of aromatic carboxylic acids is 1. The molecule has 1 unspecified atom stereocenters. The molecule has 9 heteroatoms. The Morgan fingerprint density at radius 3 is 2.77 bits per heavy atom. The molecule has 138 valence electrons. The van der Waals surface area contributed by atoms with E-state index in [0.717, 1.165) is 0 Å². The zero-order chi connectivity index (χ0) is 18.7. The lowest BCUT2D eigenvalue weighted by atomic mass is 10.2. The van der Waals surface area contributed by atoms with Crippen LogP contribution in [0, 0.1) is 0 Å². The number of benzene rings is 1. The van der Waals surface area contributed by atoms with Gasteiger partial charge in [0.15, 0.2) is 9.84 Å². The lowest BCUT2D eigenvalue weighted by Crippen LogP contribution is -2.37. The van der Waals surface area contributed by atoms with E-state index in [4.69, 9.17) is 0 Å². The minimum atomic E-state index is -3.01. The predicted octanol–water partition coefficient (Wildman–Crippen LogP) is 1.93. The van der Waals surface area contributed by atoms with Gasteiger partial charge in [-0.3, -0.25) is 0 Å². The molecule has 1 saturated heterocycles. The molecular formula is C17H20N4O4S. The van der Waals surface area contributed by atoms with Crippen molar-refractivity contribution in [3.8, 4) is 0 Å². The Kier molecular flexibility index (Phi) is 5.08. The van der Waals surface area contributed by atoms with Crippen molar-refractivity contribution in [2.45, 2.75) is 19.4 Å². The van der Waals surface area contributed by atoms with E-state index < -0.39 is 15.8 Å². The van der Waals surface area contributed by atoms with Crippen molar-refractivity contribution in [3.63, 3.8) is 0 Å². The number of carboxylic acid groups (broad SMARTS) is 1. The van der Waals surface area contributed by atoms with E-state index in [9.17, 15) is 18.3 Å². The van der Waals surface area contributed by atoms with Gasteiger partial charge in [0, 0.05) is 18.8 Å². The van der Waals surface area contributed by atoms with Gasteiger partial charge < -0.3 is 15.3 Å². The fourth-order valence-electron chi connectivity index (χ4n) is 3.06. The topological polar surface area (TPSA) is 112 Å². The zero-order valence-electron chi connectivity index (χ0n) is 14.3. The molecule has 0 amide bonds. The first-order valence-corrected chi connectivity index (χ1v) is 10.1. The van der Waals surface area contributed by atoms with Crippen molar-refractivity contribution in [2.75, 3.05) is 28.3 Å². The van der Waals surface area contributed by atoms with Crippen LogP contribution in [0.1, 0.15) is 23.7 Å². The van der Waals surface area contributed by atoms with Crippen molar-refractivity contribution < 1.29 is 18.3 Å². The number of nitrogens with one attached hydrogen (secondary N) is 1. The van der Waals surface area contributed by atoms with E-state index >= 15 is 0 Å². The van der Waals surface area contributed by atoms with Crippen LogP contribution < -0.4 is 10.2 Å². The molecule has 0 radical (unpaired) electrons. The maximum atomic E-state index is 11.8. The number of carbonyl (C=O) groups is 1. The van der Waals surface area contributed by atoms with Crippen LogP contribution in [0.5, 0.6) is 0 Å². The molecule has 0 bridgehead atoms. The van der Waals surface area contributed by atoms with Gasteiger partial charge in [0.25, 0.3) is 0 Å². The number of aromatic nitrogens is 2. The van der Waals surface area contributed by atoms with Crippen LogP contribution in [0.2, 0.25) is 0 Å². The average Bonchev–Trinajstić information content (AvgIpc) is 2.96. The fraction of sp³-hybridized carbons (Fsp3) is 0.353. The predicted molar refractivity (Wildman–Crippen MR) is 98.8 cm³/mol. The van der Waals surface area contributed by atoms with Gasteiger partial charge in [-0.15, -0.1) is 0 Å². The van der Waals surface area contributed by atoms with E-state index in [0.29, 0.717) is 30.4 Å². The molecule has 26 heavy (non-hydrogen) atoms. The first-order chi connectivity index (χ1) is 12.4. The SMILES string of the molecule is CCN(c1nccc(Nc2ccccc2C(=O)O)n1)C1CCS(=O)(=O)C1. The van der Waals surface area contributed by atoms with Gasteiger partial charge in [-0.1, -0.05) is 12.1 Å². The highest BCUT2D eigenvalue weighted by Crippen LogP contribution is 2.24. The summed E-state index contributed by atoms with van der Waals surface area (Å²) in [4.78, 5) is 21.9. The van der Waals surface area contributed by atoms with Gasteiger partial charge in [0.1, 0.15) is 5.82 Å². The molecule has 8 nitrogen and oxygen atoms in total. The first-order valence-electron chi connectivity index (χ1n) is 8.29. The van der Waals surface area contributed by atoms with Crippen LogP contribution >= 0.6 is 0 Å². The fourth-order valence-corrected chi connectivity index (χ4v) is 4.79. The maximum Gasteiger partial charge on any atom is 0.337 e. The van der Waals surface area contributed by atoms with Crippen molar-refractivity contribution in [2.24, 2.45) is 0 Å². The molecular weight excluding hydrogens is 356 g/mol. The standard InChI is InChI=1S/C17H20N4O4S/c1-2-21(12-8-10-26(24,25)11-12)17-18-9-7-15(20-17)19-14-6-4-3-5-13(14)16(22)23/h3-7,9,12H,2,8,10-11H2,1H3,(H,22,23)(H,18,19,20). The van der Waals surface area contributed by atoms with Crippen LogP contribution in [0.3, 0.4) is 0 Å². The smallest absolute Gasteiger partial charge is 0.337 e. The minimum Gasteiger partial charge on any atom is -0.478 e. The summed E-state index contributed by atoms with van der Waals surface area (Å²) in [5, 5.41) is 12.3. The molecule has 2 N–H and O–H groups in total. The normalized spacial score (nSPS) is 18.4. The van der Waals surface area contributed by atoms with Crippen molar-refractivity contribution in [3.05, 3.63) is 42.1 Å². The highest BCUT2D eigenvalue weighted by Gasteiger charge is 2.32. The number of para-hydroxylation sites is 1. The van der Waals surface area contributed by atoms with Gasteiger partial charge in [-0.2, -0.15) is 4.98 Å². The van der Waals surface area contributed by atoms with Crippen LogP contribution in [0.15, 0.2) is 36.5 Å². The molecule has 0 spiro atoms. The molecule has 3 rings (SSSR count). The average molecular weight is 376 g/mol. The Bertz CT molecular complexity index is 916. The van der Waals surface area contributed by atoms with Crippen LogP contribution in [-0.2, 0) is 9.84 Å². The summed E-state index contributed by atoms with van der Waals surface area (Å²) in [6, 6.07) is 8.05. The molecule has 1 aromatic carbocycles. The summed E-state index contributed by atoms with van der Waals surface area (Å²) in [5.74, 6) is 0.117. The maximum absolute atomic E-state index is 11.8. The Hall–Kier alpha value is -2.68. The van der Waals surface area contributed by atoms with Crippen LogP contribution in [0.25, 0.3) is 0 Å². The second-order valence-electron chi connectivity index (χ2n) is 6.06. The van der Waals surface area contributed by atoms with E-state index in [1.54, 1.807) is 30.5 Å². The number of rotatable bonds is 6. The van der Waals surface area contributed by atoms with Gasteiger partial charge in [-0.05, 0) is 31.5 Å². The van der Waals surface area contributed by atoms with Gasteiger partial charge >= 0.3 is 5.97 Å². The van der Waals surface area contributed by atoms with Crippen molar-refractivity contribution in [1.82, 2.24) is 9.97 Å². The number of nitrogens with zero attached hydrogens (tertiary/aromatic N) is 3. The van der Waals surface area contributed by atoms with Crippen LogP contribution in [-0.4, -0.2) is 53.6 Å². The van der Waals surface area contributed by atoms with E-state index in [2.05, 4.69) is 15.3 Å². The van der Waals surface area contributed by atoms with Crippen molar-refractivity contribution >= 4 is 33.3 Å². The second-order valence-corrected chi connectivity index (χ2v) is 8.29. The third-order valence-corrected chi connectivity index (χ3v) is 6.06. The number of hydrogen-bond donors (Lipinski definition) is 2. The lowest BCUT2D eigenvalue weighted by molar-refractivity contribution is 0.0698. The number of anilines is 3. The molecule has 1 aliphatic rings. The highest BCUT2D eigenvalue weighted by molar-refractivity contribution is 7.91. The Balaban J connectivity index is 1.85. The Morgan fingerprint density at radius 2 is 2.12 bits per heavy atom. The number of hydrogen-bond acceptors (Lipinski definition) is 7. The Morgan fingerprint density at radius 1 is 1.35 bits per heavy atom. The third-order valence-electron chi connectivity index (χ3n) is 4.31. The minimum absolute atomic E-state index is 0.101. The molecule has 2 heterocycles. The molecule has 1 aliphatic heterocycles. The molecule has 1 fully saturated rings. The zero-order valence-corrected chi connectivity index (χ0v) is 15.1. The number of carboxylic acids is 1. The van der Waals surface area contributed by atoms with E-state index in [-0.39, 0.29) is 23.1 Å². The quantitative estimate of drug-likeness (QED) is 0.786. The Labute approximate surface area is 151 Å². The van der Waals surface area contributed by atoms with Gasteiger partial charge in [0.2, 0.25) is 5.95 Å². The summed E-state index contributed by atoms with van der Waals surface area (Å²) in [7, 11) is -3.01. The lowest BCUT2D eigenvalue weighted by Gasteiger charge is -2.27. The molecule has 2 aromatic rings. The van der Waals surface area contributed by atoms with Crippen molar-refractivity contribution in [1.29, 1.82) is 0 Å². The molecule has 0 aliphatic carbocycles. The summed E-state index contributed by atoms with van der Waals surface area (Å²) in [5.41, 5.74) is 0.568. The summed E-state index contributed by atoms with van der Waals surface area (Å²) < 4.78 is 23.5. The first kappa shape index (κ1) is 18.1. The second kappa shape index (κ2) is 7.28. The number of sulfone groups is 1. The highest BCUT2D eigenvalue weighted by atomic mass is 32.2. The van der Waals surface area contributed by atoms with E-state index in [1.807, 2.05) is 11.8 Å². The summed E-state index contributed by atoms with van der Waals surface area (Å²) >= 11 is 0. The third kappa shape index (κ3) is 3.93. The largest absolute Gasteiger partial charge is 0.478 e.